The average molecular weight is 436 g/mol. The second-order valence-corrected chi connectivity index (χ2v) is 8.13. The highest BCUT2D eigenvalue weighted by Gasteiger charge is 2.30. The highest BCUT2D eigenvalue weighted by atomic mass is 32.2. The number of carbonyl (C=O) groups is 1. The van der Waals surface area contributed by atoms with Gasteiger partial charge < -0.3 is 10.1 Å². The molecule has 30 heavy (non-hydrogen) atoms. The van der Waals surface area contributed by atoms with Gasteiger partial charge >= 0.3 is 6.18 Å². The van der Waals surface area contributed by atoms with E-state index in [1.165, 1.54) is 25.4 Å². The Morgan fingerprint density at radius 1 is 1.20 bits per heavy atom. The van der Waals surface area contributed by atoms with Crippen molar-refractivity contribution in [2.75, 3.05) is 23.9 Å². The molecule has 1 aliphatic rings. The molecule has 1 saturated heterocycles. The molecule has 1 amide bonds. The molecule has 0 bridgehead atoms. The van der Waals surface area contributed by atoms with Crippen molar-refractivity contribution >= 4 is 34.4 Å². The maximum absolute atomic E-state index is 12.7. The Kier molecular flexibility index (Phi) is 5.59. The van der Waals surface area contributed by atoms with Crippen LogP contribution in [0.1, 0.15) is 34.8 Å². The Bertz CT molecular complexity index is 1060. The van der Waals surface area contributed by atoms with E-state index in [1.807, 2.05) is 16.4 Å². The van der Waals surface area contributed by atoms with Crippen molar-refractivity contribution in [1.29, 1.82) is 0 Å². The first-order valence-electron chi connectivity index (χ1n) is 9.35. The molecule has 0 unspecified atom stereocenters. The molecule has 0 spiro atoms. The van der Waals surface area contributed by atoms with E-state index in [9.17, 15) is 18.0 Å². The normalized spacial score (nSPS) is 15.3. The molecular formula is C20H19F3N4O2S. The van der Waals surface area contributed by atoms with Crippen LogP contribution in [0.2, 0.25) is 0 Å². The predicted molar refractivity (Wildman–Crippen MR) is 109 cm³/mol. The third-order valence-electron chi connectivity index (χ3n) is 5.03. The van der Waals surface area contributed by atoms with Gasteiger partial charge in [0.2, 0.25) is 0 Å². The number of aromatic nitrogens is 3. The first-order chi connectivity index (χ1) is 14.4. The minimum Gasteiger partial charge on any atom is -0.495 e. The second-order valence-electron chi connectivity index (χ2n) is 6.90. The van der Waals surface area contributed by atoms with Gasteiger partial charge in [0.25, 0.3) is 5.91 Å². The molecule has 1 aromatic carbocycles. The molecule has 3 aromatic rings. The van der Waals surface area contributed by atoms with Crippen molar-refractivity contribution in [1.82, 2.24) is 14.8 Å². The lowest BCUT2D eigenvalue weighted by Crippen LogP contribution is -2.17. The Balaban J connectivity index is 1.61. The standard InChI is InChI=1S/C20H19F3N4O2S/c1-29-17-15-11-25-27(14-6-8-30-9-7-14)18(15)24-10-16(17)19(28)26-13-4-2-12(3-5-13)20(21,22)23/h2-5,10-11,14H,6-9H2,1H3,(H,26,28). The number of alkyl halides is 3. The zero-order chi connectivity index (χ0) is 21.3. The third kappa shape index (κ3) is 3.96. The number of thioether (sulfide) groups is 1. The quantitative estimate of drug-likeness (QED) is 0.638. The van der Waals surface area contributed by atoms with Gasteiger partial charge in [0.05, 0.1) is 30.3 Å². The van der Waals surface area contributed by atoms with Crippen LogP contribution in [-0.4, -0.2) is 39.3 Å². The second kappa shape index (κ2) is 8.17. The van der Waals surface area contributed by atoms with E-state index in [1.54, 1.807) is 6.20 Å². The monoisotopic (exact) mass is 436 g/mol. The summed E-state index contributed by atoms with van der Waals surface area (Å²) in [5.41, 5.74) is 0.290. The molecule has 0 aliphatic carbocycles. The van der Waals surface area contributed by atoms with Crippen molar-refractivity contribution in [3.05, 3.63) is 47.8 Å². The summed E-state index contributed by atoms with van der Waals surface area (Å²) < 4.78 is 45.5. The van der Waals surface area contributed by atoms with E-state index >= 15 is 0 Å². The Labute approximate surface area is 174 Å². The number of fused-ring (bicyclic) bond motifs is 1. The number of nitrogens with one attached hydrogen (secondary N) is 1. The molecule has 158 valence electrons. The summed E-state index contributed by atoms with van der Waals surface area (Å²) in [6, 6.07) is 4.51. The average Bonchev–Trinajstić information content (AvgIpc) is 3.17. The summed E-state index contributed by atoms with van der Waals surface area (Å²) in [5.74, 6) is 1.94. The van der Waals surface area contributed by atoms with Gasteiger partial charge in [-0.25, -0.2) is 9.67 Å². The number of hydrogen-bond acceptors (Lipinski definition) is 5. The van der Waals surface area contributed by atoms with Gasteiger partial charge in [0.15, 0.2) is 5.65 Å². The Hall–Kier alpha value is -2.75. The lowest BCUT2D eigenvalue weighted by molar-refractivity contribution is -0.137. The smallest absolute Gasteiger partial charge is 0.416 e. The molecular weight excluding hydrogens is 417 g/mol. The minimum absolute atomic E-state index is 0.184. The largest absolute Gasteiger partial charge is 0.495 e. The van der Waals surface area contributed by atoms with E-state index in [4.69, 9.17) is 4.74 Å². The minimum atomic E-state index is -4.43. The Morgan fingerprint density at radius 2 is 1.90 bits per heavy atom. The molecule has 1 aliphatic heterocycles. The fourth-order valence-electron chi connectivity index (χ4n) is 3.49. The zero-order valence-electron chi connectivity index (χ0n) is 16.1. The molecule has 2 aromatic heterocycles. The van der Waals surface area contributed by atoms with Crippen LogP contribution in [0.15, 0.2) is 36.7 Å². The Morgan fingerprint density at radius 3 is 2.53 bits per heavy atom. The summed E-state index contributed by atoms with van der Waals surface area (Å²) >= 11 is 1.92. The maximum atomic E-state index is 12.7. The van der Waals surface area contributed by atoms with Crippen molar-refractivity contribution in [2.45, 2.75) is 25.1 Å². The molecule has 0 radical (unpaired) electrons. The fraction of sp³-hybridized carbons (Fsp3) is 0.350. The number of nitrogens with zero attached hydrogens (tertiary/aromatic N) is 3. The van der Waals surface area contributed by atoms with Crippen LogP contribution in [0.25, 0.3) is 11.0 Å². The number of rotatable bonds is 4. The van der Waals surface area contributed by atoms with Gasteiger partial charge in [-0.1, -0.05) is 0 Å². The number of methoxy groups -OCH3 is 1. The fourth-order valence-corrected chi connectivity index (χ4v) is 4.58. The molecule has 0 saturated carbocycles. The lowest BCUT2D eigenvalue weighted by Gasteiger charge is -2.22. The van der Waals surface area contributed by atoms with E-state index in [-0.39, 0.29) is 17.3 Å². The van der Waals surface area contributed by atoms with Gasteiger partial charge in [0.1, 0.15) is 11.3 Å². The van der Waals surface area contributed by atoms with Gasteiger partial charge in [0, 0.05) is 11.9 Å². The van der Waals surface area contributed by atoms with Crippen molar-refractivity contribution in [3.63, 3.8) is 0 Å². The van der Waals surface area contributed by atoms with E-state index in [0.717, 1.165) is 36.5 Å². The van der Waals surface area contributed by atoms with Gasteiger partial charge in [-0.05, 0) is 48.6 Å². The highest BCUT2D eigenvalue weighted by Crippen LogP contribution is 2.34. The summed E-state index contributed by atoms with van der Waals surface area (Å²) in [5, 5.41) is 7.68. The topological polar surface area (TPSA) is 69.0 Å². The predicted octanol–water partition coefficient (Wildman–Crippen LogP) is 4.78. The molecule has 10 heteroatoms. The molecule has 6 nitrogen and oxygen atoms in total. The van der Waals surface area contributed by atoms with Crippen molar-refractivity contribution < 1.29 is 22.7 Å². The summed E-state index contributed by atoms with van der Waals surface area (Å²) in [7, 11) is 1.46. The van der Waals surface area contributed by atoms with Crippen LogP contribution >= 0.6 is 11.8 Å². The zero-order valence-corrected chi connectivity index (χ0v) is 16.9. The highest BCUT2D eigenvalue weighted by molar-refractivity contribution is 7.99. The van der Waals surface area contributed by atoms with Gasteiger partial charge in [-0.2, -0.15) is 30.0 Å². The maximum Gasteiger partial charge on any atom is 0.416 e. The van der Waals surface area contributed by atoms with E-state index in [0.29, 0.717) is 16.8 Å². The third-order valence-corrected chi connectivity index (χ3v) is 6.08. The summed E-state index contributed by atoms with van der Waals surface area (Å²) in [6.07, 6.45) is 0.620. The van der Waals surface area contributed by atoms with Gasteiger partial charge in [-0.3, -0.25) is 4.79 Å². The molecule has 4 rings (SSSR count). The summed E-state index contributed by atoms with van der Waals surface area (Å²) in [6.45, 7) is 0. The number of pyridine rings is 1. The SMILES string of the molecule is COc1c(C(=O)Nc2ccc(C(F)(F)F)cc2)cnc2c1cnn2C1CCSCC1. The van der Waals surface area contributed by atoms with Crippen LogP contribution in [0.3, 0.4) is 0 Å². The van der Waals surface area contributed by atoms with Crippen LogP contribution in [-0.2, 0) is 6.18 Å². The van der Waals surface area contributed by atoms with Crippen LogP contribution in [0.4, 0.5) is 18.9 Å². The molecule has 1 N–H and O–H groups in total. The number of benzene rings is 1. The lowest BCUT2D eigenvalue weighted by atomic mass is 10.1. The van der Waals surface area contributed by atoms with Crippen LogP contribution in [0, 0.1) is 0 Å². The summed E-state index contributed by atoms with van der Waals surface area (Å²) in [4.78, 5) is 17.2. The first-order valence-corrected chi connectivity index (χ1v) is 10.5. The molecule has 1 fully saturated rings. The van der Waals surface area contributed by atoms with Crippen LogP contribution in [0.5, 0.6) is 5.75 Å². The number of anilines is 1. The number of hydrogen-bond donors (Lipinski definition) is 1. The van der Waals surface area contributed by atoms with E-state index < -0.39 is 17.6 Å². The first kappa shape index (κ1) is 20.5. The van der Waals surface area contributed by atoms with Crippen LogP contribution < -0.4 is 10.1 Å². The van der Waals surface area contributed by atoms with Gasteiger partial charge in [-0.15, -0.1) is 0 Å². The van der Waals surface area contributed by atoms with Crippen molar-refractivity contribution in [3.8, 4) is 5.75 Å². The molecule has 0 atom stereocenters. The van der Waals surface area contributed by atoms with E-state index in [2.05, 4.69) is 15.4 Å². The number of amides is 1. The molecule has 3 heterocycles. The number of halogens is 3. The van der Waals surface area contributed by atoms with Crippen molar-refractivity contribution in [2.24, 2.45) is 0 Å². The number of carbonyl (C=O) groups excluding carboxylic acids is 1. The number of ether oxygens (including phenoxy) is 1.